The van der Waals surface area contributed by atoms with Crippen molar-refractivity contribution in [2.24, 2.45) is 0 Å². The van der Waals surface area contributed by atoms with Gasteiger partial charge in [0, 0.05) is 46.5 Å². The summed E-state index contributed by atoms with van der Waals surface area (Å²) in [5, 5.41) is 7.06. The maximum absolute atomic E-state index is 14.3. The van der Waals surface area contributed by atoms with Gasteiger partial charge in [-0.25, -0.2) is 9.59 Å². The highest BCUT2D eigenvalue weighted by molar-refractivity contribution is 6.32. The monoisotopic (exact) mass is 758 g/mol. The Morgan fingerprint density at radius 1 is 0.607 bits per heavy atom. The van der Waals surface area contributed by atoms with Crippen molar-refractivity contribution in [1.82, 2.24) is 0 Å². The van der Waals surface area contributed by atoms with Crippen LogP contribution >= 0.6 is 0 Å². The summed E-state index contributed by atoms with van der Waals surface area (Å²) in [6.07, 6.45) is 2.40. The molecule has 0 fully saturated rings. The molecule has 5 rings (SSSR count). The molecule has 0 heterocycles. The number of anilines is 4. The molecule has 0 unspecified atom stereocenters. The first kappa shape index (κ1) is 41.0. The molecule has 0 bridgehead atoms. The summed E-state index contributed by atoms with van der Waals surface area (Å²) in [5.74, 6) is 0.0354. The molecule has 56 heavy (non-hydrogen) atoms. The largest absolute Gasteiger partial charge is 0.493 e. The summed E-state index contributed by atoms with van der Waals surface area (Å²) >= 11 is 0. The number of rotatable bonds is 18. The van der Waals surface area contributed by atoms with Gasteiger partial charge in [0.1, 0.15) is 11.5 Å². The number of carbonyl (C=O) groups excluding carboxylic acids is 4. The number of ketones is 2. The van der Waals surface area contributed by atoms with Crippen LogP contribution in [0.1, 0.15) is 94.6 Å². The highest BCUT2D eigenvalue weighted by Crippen LogP contribution is 2.41. The number of nitrogens with one attached hydrogen (secondary N) is 2. The summed E-state index contributed by atoms with van der Waals surface area (Å²) in [6, 6.07) is 18.4. The van der Waals surface area contributed by atoms with Crippen molar-refractivity contribution >= 4 is 46.3 Å². The zero-order valence-corrected chi connectivity index (χ0v) is 33.1. The molecule has 2 N–H and O–H groups in total. The number of esters is 2. The van der Waals surface area contributed by atoms with E-state index in [4.69, 9.17) is 18.9 Å². The van der Waals surface area contributed by atoms with E-state index in [-0.39, 0.29) is 24.8 Å². The van der Waals surface area contributed by atoms with Gasteiger partial charge in [-0.1, -0.05) is 51.3 Å². The molecule has 0 aliphatic heterocycles. The van der Waals surface area contributed by atoms with Gasteiger partial charge in [-0.2, -0.15) is 0 Å². The molecule has 0 saturated heterocycles. The average molecular weight is 759 g/mol. The van der Waals surface area contributed by atoms with E-state index in [1.54, 1.807) is 38.1 Å². The first-order valence-electron chi connectivity index (χ1n) is 18.9. The Bertz CT molecular complexity index is 2050. The maximum atomic E-state index is 14.3. The number of fused-ring (bicyclic) bond motifs is 2. The maximum Gasteiger partial charge on any atom is 0.333 e. The SMILES string of the molecule is C=C(C)C(=O)OCCCOc1cc(C)c(Nc2ccc(Nc3c(C)cc(OCCCOC(=O)C(=C)C)cc3CC)c3c2C(=O)c2ccccc2C3=O)c(CC)c1. The second-order valence-electron chi connectivity index (χ2n) is 13.9. The molecule has 0 amide bonds. The van der Waals surface area contributed by atoms with E-state index in [0.717, 1.165) is 33.6 Å². The van der Waals surface area contributed by atoms with Crippen LogP contribution in [-0.2, 0) is 31.9 Å². The lowest BCUT2D eigenvalue weighted by molar-refractivity contribution is -0.140. The van der Waals surface area contributed by atoms with Crippen LogP contribution in [0.2, 0.25) is 0 Å². The van der Waals surface area contributed by atoms with Gasteiger partial charge in [0.05, 0.1) is 48.9 Å². The lowest BCUT2D eigenvalue weighted by atomic mass is 9.82. The number of hydrogen-bond acceptors (Lipinski definition) is 10. The third-order valence-corrected chi connectivity index (χ3v) is 9.42. The molecule has 0 aromatic heterocycles. The molecule has 10 nitrogen and oxygen atoms in total. The Balaban J connectivity index is 1.43. The Kier molecular flexibility index (Phi) is 13.5. The molecular weight excluding hydrogens is 709 g/mol. The quantitative estimate of drug-likeness (QED) is 0.0507. The summed E-state index contributed by atoms with van der Waals surface area (Å²) in [5.41, 5.74) is 8.46. The Morgan fingerprint density at radius 3 is 1.36 bits per heavy atom. The van der Waals surface area contributed by atoms with Gasteiger partial charge in [0.2, 0.25) is 0 Å². The van der Waals surface area contributed by atoms with Crippen molar-refractivity contribution in [2.45, 2.75) is 67.2 Å². The standard InChI is InChI=1S/C46H50N2O8/c1-9-31-25-33(53-19-13-21-55-45(51)27(3)4)23-29(7)41(31)47-37-17-18-38(40-39(37)43(49)35-15-11-12-16-36(35)44(40)50)48-42-30(8)24-34(26-32(42)10-2)54-20-14-22-56-46(52)28(5)6/h11-12,15-18,23-26,47-48H,3,5,9-10,13-14,19-22H2,1-2,4,6-8H3. The van der Waals surface area contributed by atoms with Crippen LogP contribution in [0.3, 0.4) is 0 Å². The fourth-order valence-corrected chi connectivity index (χ4v) is 6.51. The zero-order valence-electron chi connectivity index (χ0n) is 33.1. The van der Waals surface area contributed by atoms with E-state index in [1.165, 1.54) is 0 Å². The molecule has 0 saturated carbocycles. The molecular formula is C46H50N2O8. The molecule has 10 heteroatoms. The summed E-state index contributed by atoms with van der Waals surface area (Å²) in [4.78, 5) is 52.0. The van der Waals surface area contributed by atoms with Crippen LogP contribution in [0.25, 0.3) is 0 Å². The van der Waals surface area contributed by atoms with Crippen molar-refractivity contribution in [3.63, 3.8) is 0 Å². The topological polar surface area (TPSA) is 129 Å². The van der Waals surface area contributed by atoms with E-state index >= 15 is 0 Å². The lowest BCUT2D eigenvalue weighted by Gasteiger charge is -2.26. The number of benzene rings is 4. The molecule has 0 radical (unpaired) electrons. The number of ether oxygens (including phenoxy) is 4. The second-order valence-corrected chi connectivity index (χ2v) is 13.9. The van der Waals surface area contributed by atoms with E-state index in [9.17, 15) is 19.2 Å². The van der Waals surface area contributed by atoms with Crippen molar-refractivity contribution in [1.29, 1.82) is 0 Å². The molecule has 4 aromatic carbocycles. The van der Waals surface area contributed by atoms with E-state index in [2.05, 4.69) is 23.8 Å². The van der Waals surface area contributed by atoms with Gasteiger partial charge in [-0.3, -0.25) is 9.59 Å². The minimum Gasteiger partial charge on any atom is -0.493 e. The van der Waals surface area contributed by atoms with Crippen molar-refractivity contribution in [2.75, 3.05) is 37.1 Å². The van der Waals surface area contributed by atoms with Gasteiger partial charge in [0.25, 0.3) is 0 Å². The van der Waals surface area contributed by atoms with Crippen LogP contribution in [0.15, 0.2) is 85.0 Å². The third-order valence-electron chi connectivity index (χ3n) is 9.42. The van der Waals surface area contributed by atoms with Crippen molar-refractivity contribution in [3.05, 3.63) is 129 Å². The minimum absolute atomic E-state index is 0.230. The van der Waals surface area contributed by atoms with E-state index in [1.807, 2.05) is 64.1 Å². The fraction of sp³-hybridized carbons (Fsp3) is 0.304. The van der Waals surface area contributed by atoms with Crippen LogP contribution in [-0.4, -0.2) is 49.9 Å². The Morgan fingerprint density at radius 2 is 1.00 bits per heavy atom. The highest BCUT2D eigenvalue weighted by atomic mass is 16.5. The number of carbonyl (C=O) groups is 4. The first-order chi connectivity index (χ1) is 26.8. The predicted molar refractivity (Wildman–Crippen MR) is 219 cm³/mol. The van der Waals surface area contributed by atoms with Crippen LogP contribution in [0, 0.1) is 13.8 Å². The normalized spacial score (nSPS) is 11.6. The van der Waals surface area contributed by atoms with Gasteiger partial charge in [0.15, 0.2) is 11.6 Å². The zero-order chi connectivity index (χ0) is 40.5. The lowest BCUT2D eigenvalue weighted by Crippen LogP contribution is -2.23. The van der Waals surface area contributed by atoms with Crippen LogP contribution in [0.5, 0.6) is 11.5 Å². The van der Waals surface area contributed by atoms with Gasteiger partial charge in [-0.05, 0) is 99.2 Å². The van der Waals surface area contributed by atoms with Crippen LogP contribution in [0.4, 0.5) is 22.7 Å². The smallest absolute Gasteiger partial charge is 0.333 e. The third kappa shape index (κ3) is 9.37. The minimum atomic E-state index is -0.422. The van der Waals surface area contributed by atoms with Crippen molar-refractivity contribution in [3.8, 4) is 11.5 Å². The summed E-state index contributed by atoms with van der Waals surface area (Å²) in [6.45, 7) is 19.6. The van der Waals surface area contributed by atoms with Crippen LogP contribution < -0.4 is 20.1 Å². The molecule has 0 spiro atoms. The molecule has 1 aliphatic rings. The average Bonchev–Trinajstić information content (AvgIpc) is 3.18. The highest BCUT2D eigenvalue weighted by Gasteiger charge is 2.34. The van der Waals surface area contributed by atoms with Gasteiger partial charge < -0.3 is 29.6 Å². The summed E-state index contributed by atoms with van der Waals surface area (Å²) in [7, 11) is 0. The van der Waals surface area contributed by atoms with E-state index < -0.39 is 11.9 Å². The van der Waals surface area contributed by atoms with Gasteiger partial charge >= 0.3 is 11.9 Å². The Hall–Kier alpha value is -6.16. The Labute approximate surface area is 328 Å². The molecule has 292 valence electrons. The number of hydrogen-bond donors (Lipinski definition) is 2. The number of aryl methyl sites for hydroxylation is 4. The first-order valence-corrected chi connectivity index (χ1v) is 18.9. The second kappa shape index (κ2) is 18.4. The predicted octanol–water partition coefficient (Wildman–Crippen LogP) is 9.47. The molecule has 4 aromatic rings. The summed E-state index contributed by atoms with van der Waals surface area (Å²) < 4.78 is 22.4. The molecule has 1 aliphatic carbocycles. The van der Waals surface area contributed by atoms with Gasteiger partial charge in [-0.15, -0.1) is 0 Å². The van der Waals surface area contributed by atoms with Crippen molar-refractivity contribution < 1.29 is 38.1 Å². The van der Waals surface area contributed by atoms with E-state index in [0.29, 0.717) is 95.2 Å². The molecule has 0 atom stereocenters. The fourth-order valence-electron chi connectivity index (χ4n) is 6.51.